The summed E-state index contributed by atoms with van der Waals surface area (Å²) in [6.45, 7) is 0. The number of benzene rings is 1. The van der Waals surface area contributed by atoms with Gasteiger partial charge in [-0.25, -0.2) is 0 Å². The van der Waals surface area contributed by atoms with E-state index in [1.165, 1.54) is 0 Å². The molecule has 11 heavy (non-hydrogen) atoms. The molecule has 0 bridgehead atoms. The van der Waals surface area contributed by atoms with Crippen LogP contribution >= 0.6 is 23.8 Å². The molecule has 1 rings (SSSR count). The molecule has 0 fully saturated rings. The highest BCUT2D eigenvalue weighted by Crippen LogP contribution is 2.22. The van der Waals surface area contributed by atoms with Gasteiger partial charge in [-0.3, -0.25) is 0 Å². The molecular weight excluding hydrogens is 180 g/mol. The topological polar surface area (TPSA) is 52.0 Å². The maximum atomic E-state index is 5.80. The molecule has 4 N–H and O–H groups in total. The van der Waals surface area contributed by atoms with Gasteiger partial charge in [0.15, 0.2) is 0 Å². The fraction of sp³-hybridized carbons (Fsp3) is 0. The van der Waals surface area contributed by atoms with Crippen LogP contribution in [0.1, 0.15) is 5.56 Å². The van der Waals surface area contributed by atoms with Gasteiger partial charge in [-0.1, -0.05) is 36.0 Å². The monoisotopic (exact) mass is 186 g/mol. The molecule has 0 aliphatic rings. The summed E-state index contributed by atoms with van der Waals surface area (Å²) in [6, 6.07) is 5.20. The molecule has 0 saturated heterocycles. The molecule has 0 spiro atoms. The third-order valence-electron chi connectivity index (χ3n) is 1.29. The summed E-state index contributed by atoms with van der Waals surface area (Å²) in [5, 5.41) is 0.431. The Hall–Kier alpha value is -0.800. The zero-order valence-electron chi connectivity index (χ0n) is 5.67. The van der Waals surface area contributed by atoms with Gasteiger partial charge in [-0.05, 0) is 6.07 Å². The van der Waals surface area contributed by atoms with E-state index in [-0.39, 0.29) is 4.99 Å². The first-order chi connectivity index (χ1) is 5.13. The van der Waals surface area contributed by atoms with Gasteiger partial charge in [-0.15, -0.1) is 0 Å². The number of nitrogen functional groups attached to an aromatic ring is 1. The molecule has 0 saturated carbocycles. The zero-order valence-corrected chi connectivity index (χ0v) is 7.25. The molecule has 4 heteroatoms. The number of hydrogen-bond donors (Lipinski definition) is 2. The van der Waals surface area contributed by atoms with Gasteiger partial charge in [0, 0.05) is 5.56 Å². The Morgan fingerprint density at radius 3 is 2.55 bits per heavy atom. The summed E-state index contributed by atoms with van der Waals surface area (Å²) in [5.74, 6) is 0. The summed E-state index contributed by atoms with van der Waals surface area (Å²) in [5.41, 5.74) is 12.0. The first kappa shape index (κ1) is 8.30. The molecular formula is C7H7ClN2S. The lowest BCUT2D eigenvalue weighted by molar-refractivity contribution is 1.61. The lowest BCUT2D eigenvalue weighted by Gasteiger charge is -2.02. The van der Waals surface area contributed by atoms with Crippen LogP contribution in [0.4, 0.5) is 5.69 Å². The van der Waals surface area contributed by atoms with Crippen molar-refractivity contribution in [3.8, 4) is 0 Å². The Bertz CT molecular complexity index is 298. The summed E-state index contributed by atoms with van der Waals surface area (Å²) in [4.78, 5) is 0.266. The van der Waals surface area contributed by atoms with E-state index in [9.17, 15) is 0 Å². The number of halogens is 1. The van der Waals surface area contributed by atoms with Crippen LogP contribution in [0.2, 0.25) is 5.02 Å². The van der Waals surface area contributed by atoms with Crippen molar-refractivity contribution in [2.24, 2.45) is 5.73 Å². The molecule has 0 amide bonds. The van der Waals surface area contributed by atoms with E-state index >= 15 is 0 Å². The van der Waals surface area contributed by atoms with Crippen molar-refractivity contribution in [1.29, 1.82) is 0 Å². The van der Waals surface area contributed by atoms with Gasteiger partial charge in [-0.2, -0.15) is 0 Å². The van der Waals surface area contributed by atoms with Crippen molar-refractivity contribution >= 4 is 34.5 Å². The second-order valence-corrected chi connectivity index (χ2v) is 2.89. The zero-order chi connectivity index (χ0) is 8.43. The molecule has 0 aliphatic heterocycles. The molecule has 2 nitrogen and oxygen atoms in total. The average molecular weight is 187 g/mol. The second-order valence-electron chi connectivity index (χ2n) is 2.07. The van der Waals surface area contributed by atoms with Crippen LogP contribution in [0.15, 0.2) is 18.2 Å². The van der Waals surface area contributed by atoms with Crippen LogP contribution in [-0.4, -0.2) is 4.99 Å². The predicted molar refractivity (Wildman–Crippen MR) is 51.8 cm³/mol. The highest BCUT2D eigenvalue weighted by atomic mass is 35.5. The summed E-state index contributed by atoms with van der Waals surface area (Å²) < 4.78 is 0. The molecule has 58 valence electrons. The minimum atomic E-state index is 0.266. The van der Waals surface area contributed by atoms with E-state index in [1.54, 1.807) is 18.2 Å². The van der Waals surface area contributed by atoms with Crippen LogP contribution in [0.3, 0.4) is 0 Å². The normalized spacial score (nSPS) is 9.55. The second kappa shape index (κ2) is 3.07. The maximum Gasteiger partial charge on any atom is 0.105 e. The van der Waals surface area contributed by atoms with Crippen LogP contribution in [0.5, 0.6) is 0 Å². The van der Waals surface area contributed by atoms with Gasteiger partial charge in [0.1, 0.15) is 4.99 Å². The summed E-state index contributed by atoms with van der Waals surface area (Å²) in [6.07, 6.45) is 0. The molecule has 0 atom stereocenters. The predicted octanol–water partition coefficient (Wildman–Crippen LogP) is 1.56. The van der Waals surface area contributed by atoms with Gasteiger partial charge < -0.3 is 11.5 Å². The number of rotatable bonds is 1. The number of anilines is 1. The van der Waals surface area contributed by atoms with E-state index < -0.39 is 0 Å². The quantitative estimate of drug-likeness (QED) is 0.517. The minimum absolute atomic E-state index is 0.266. The SMILES string of the molecule is NC(=S)c1cccc(N)c1Cl. The van der Waals surface area contributed by atoms with Gasteiger partial charge in [0.25, 0.3) is 0 Å². The maximum absolute atomic E-state index is 5.80. The van der Waals surface area contributed by atoms with Crippen molar-refractivity contribution in [1.82, 2.24) is 0 Å². The highest BCUT2D eigenvalue weighted by Gasteiger charge is 2.04. The van der Waals surface area contributed by atoms with Crippen molar-refractivity contribution in [2.75, 3.05) is 5.73 Å². The molecule has 0 aromatic heterocycles. The average Bonchev–Trinajstić information content (AvgIpc) is 1.94. The van der Waals surface area contributed by atoms with Crippen LogP contribution in [-0.2, 0) is 0 Å². The number of thiocarbonyl (C=S) groups is 1. The van der Waals surface area contributed by atoms with Crippen LogP contribution < -0.4 is 11.5 Å². The third-order valence-corrected chi connectivity index (χ3v) is 1.94. The fourth-order valence-corrected chi connectivity index (χ4v) is 1.19. The standard InChI is InChI=1S/C7H7ClN2S/c8-6-4(7(10)11)2-1-3-5(6)9/h1-3H,9H2,(H2,10,11). The Balaban J connectivity index is 3.27. The molecule has 0 unspecified atom stereocenters. The lowest BCUT2D eigenvalue weighted by Crippen LogP contribution is -2.10. The smallest absolute Gasteiger partial charge is 0.105 e. The van der Waals surface area contributed by atoms with E-state index in [0.717, 1.165) is 0 Å². The Kier molecular flexibility index (Phi) is 2.31. The van der Waals surface area contributed by atoms with E-state index in [4.69, 9.17) is 35.3 Å². The fourth-order valence-electron chi connectivity index (χ4n) is 0.740. The van der Waals surface area contributed by atoms with Crippen molar-refractivity contribution < 1.29 is 0 Å². The van der Waals surface area contributed by atoms with Crippen LogP contribution in [0, 0.1) is 0 Å². The molecule has 0 heterocycles. The minimum Gasteiger partial charge on any atom is -0.398 e. The Morgan fingerprint density at radius 1 is 1.45 bits per heavy atom. The molecule has 0 aliphatic carbocycles. The van der Waals surface area contributed by atoms with Gasteiger partial charge in [0.2, 0.25) is 0 Å². The molecule has 1 aromatic rings. The van der Waals surface area contributed by atoms with Crippen molar-refractivity contribution in [3.63, 3.8) is 0 Å². The van der Waals surface area contributed by atoms with Crippen molar-refractivity contribution in [2.45, 2.75) is 0 Å². The van der Waals surface area contributed by atoms with E-state index in [2.05, 4.69) is 0 Å². The molecule has 1 aromatic carbocycles. The number of nitrogens with two attached hydrogens (primary N) is 2. The number of hydrogen-bond acceptors (Lipinski definition) is 2. The third kappa shape index (κ3) is 1.61. The Labute approximate surface area is 75.1 Å². The van der Waals surface area contributed by atoms with Gasteiger partial charge >= 0.3 is 0 Å². The summed E-state index contributed by atoms with van der Waals surface area (Å²) >= 11 is 10.5. The van der Waals surface area contributed by atoms with E-state index in [1.807, 2.05) is 0 Å². The molecule has 0 radical (unpaired) electrons. The highest BCUT2D eigenvalue weighted by molar-refractivity contribution is 7.80. The lowest BCUT2D eigenvalue weighted by atomic mass is 10.2. The first-order valence-electron chi connectivity index (χ1n) is 2.96. The van der Waals surface area contributed by atoms with Crippen LogP contribution in [0.25, 0.3) is 0 Å². The Morgan fingerprint density at radius 2 is 2.09 bits per heavy atom. The van der Waals surface area contributed by atoms with Crippen molar-refractivity contribution in [3.05, 3.63) is 28.8 Å². The largest absolute Gasteiger partial charge is 0.398 e. The first-order valence-corrected chi connectivity index (χ1v) is 3.75. The van der Waals surface area contributed by atoms with E-state index in [0.29, 0.717) is 16.3 Å². The summed E-state index contributed by atoms with van der Waals surface area (Å²) in [7, 11) is 0. The van der Waals surface area contributed by atoms with Gasteiger partial charge in [0.05, 0.1) is 10.7 Å².